The van der Waals surface area contributed by atoms with Crippen LogP contribution in [0.15, 0.2) is 41.3 Å². The molecular weight excluding hydrogens is 342 g/mol. The molecule has 2 aromatic carbocycles. The molecule has 0 radical (unpaired) electrons. The molecular formula is C15H16ClNO5S. The first-order valence-corrected chi connectivity index (χ1v) is 8.41. The van der Waals surface area contributed by atoms with E-state index in [-0.39, 0.29) is 22.2 Å². The van der Waals surface area contributed by atoms with Gasteiger partial charge in [-0.2, -0.15) is 0 Å². The van der Waals surface area contributed by atoms with Crippen molar-refractivity contribution >= 4 is 27.3 Å². The van der Waals surface area contributed by atoms with E-state index in [2.05, 4.69) is 4.72 Å². The van der Waals surface area contributed by atoms with Crippen molar-refractivity contribution in [2.24, 2.45) is 0 Å². The third-order valence-corrected chi connectivity index (χ3v) is 4.82. The van der Waals surface area contributed by atoms with E-state index in [0.717, 1.165) is 0 Å². The van der Waals surface area contributed by atoms with Crippen molar-refractivity contribution in [3.8, 4) is 11.5 Å². The van der Waals surface area contributed by atoms with E-state index in [1.165, 1.54) is 44.6 Å². The van der Waals surface area contributed by atoms with Crippen LogP contribution in [0.1, 0.15) is 5.56 Å². The van der Waals surface area contributed by atoms with Gasteiger partial charge in [-0.05, 0) is 29.8 Å². The molecule has 6 nitrogen and oxygen atoms in total. The number of aliphatic hydroxyl groups is 1. The molecule has 0 fully saturated rings. The van der Waals surface area contributed by atoms with E-state index >= 15 is 0 Å². The van der Waals surface area contributed by atoms with Crippen LogP contribution in [0.3, 0.4) is 0 Å². The number of anilines is 1. The number of hydrogen-bond donors (Lipinski definition) is 2. The summed E-state index contributed by atoms with van der Waals surface area (Å²) in [6, 6.07) is 8.84. The fourth-order valence-corrected chi connectivity index (χ4v) is 3.24. The zero-order valence-corrected chi connectivity index (χ0v) is 14.1. The van der Waals surface area contributed by atoms with Gasteiger partial charge in [0.15, 0.2) is 11.5 Å². The largest absolute Gasteiger partial charge is 0.493 e. The summed E-state index contributed by atoms with van der Waals surface area (Å²) in [5, 5.41) is 9.37. The summed E-state index contributed by atoms with van der Waals surface area (Å²) in [7, 11) is -0.987. The molecule has 0 amide bonds. The molecule has 124 valence electrons. The van der Waals surface area contributed by atoms with Crippen LogP contribution < -0.4 is 14.2 Å². The van der Waals surface area contributed by atoms with Gasteiger partial charge < -0.3 is 14.6 Å². The zero-order valence-electron chi connectivity index (χ0n) is 12.5. The summed E-state index contributed by atoms with van der Waals surface area (Å²) >= 11 is 6.00. The summed E-state index contributed by atoms with van der Waals surface area (Å²) in [5.41, 5.74) is 0.729. The van der Waals surface area contributed by atoms with Gasteiger partial charge in [0.05, 0.1) is 36.4 Å². The standard InChI is InChI=1S/C15H16ClNO5S/c1-21-14-6-4-11(8-15(14)22-2)23(19,20)17-13-7-10(9-18)3-5-12(13)16/h3-8,17-18H,9H2,1-2H3. The summed E-state index contributed by atoms with van der Waals surface area (Å²) in [5.74, 6) is 0.720. The summed E-state index contributed by atoms with van der Waals surface area (Å²) in [4.78, 5) is 0.000572. The molecule has 2 aromatic rings. The topological polar surface area (TPSA) is 84.9 Å². The third-order valence-electron chi connectivity index (χ3n) is 3.12. The Morgan fingerprint density at radius 3 is 2.39 bits per heavy atom. The van der Waals surface area contributed by atoms with Gasteiger partial charge in [-0.3, -0.25) is 4.72 Å². The predicted octanol–water partition coefficient (Wildman–Crippen LogP) is 2.65. The lowest BCUT2D eigenvalue weighted by atomic mass is 10.2. The Labute approximate surface area is 139 Å². The quantitative estimate of drug-likeness (QED) is 0.830. The first-order valence-electron chi connectivity index (χ1n) is 6.55. The molecule has 0 aliphatic heterocycles. The molecule has 0 saturated heterocycles. The van der Waals surface area contributed by atoms with Gasteiger partial charge >= 0.3 is 0 Å². The fraction of sp³-hybridized carbons (Fsp3) is 0.200. The Morgan fingerprint density at radius 2 is 1.78 bits per heavy atom. The van der Waals surface area contributed by atoms with Crippen molar-refractivity contribution < 1.29 is 23.0 Å². The minimum Gasteiger partial charge on any atom is -0.493 e. The Hall–Kier alpha value is -1.96. The van der Waals surface area contributed by atoms with Crippen molar-refractivity contribution in [2.45, 2.75) is 11.5 Å². The number of methoxy groups -OCH3 is 2. The van der Waals surface area contributed by atoms with E-state index in [9.17, 15) is 8.42 Å². The molecule has 2 rings (SSSR count). The number of benzene rings is 2. The van der Waals surface area contributed by atoms with Gasteiger partial charge in [-0.15, -0.1) is 0 Å². The highest BCUT2D eigenvalue weighted by molar-refractivity contribution is 7.92. The van der Waals surface area contributed by atoms with E-state index in [1.807, 2.05) is 0 Å². The predicted molar refractivity (Wildman–Crippen MR) is 87.7 cm³/mol. The molecule has 23 heavy (non-hydrogen) atoms. The number of halogens is 1. The van der Waals surface area contributed by atoms with Crippen molar-refractivity contribution in [2.75, 3.05) is 18.9 Å². The Bertz CT molecular complexity index is 808. The second-order valence-electron chi connectivity index (χ2n) is 4.59. The Kier molecular flexibility index (Phi) is 5.35. The molecule has 2 N–H and O–H groups in total. The minimum absolute atomic E-state index is 0.000572. The molecule has 0 saturated carbocycles. The number of aliphatic hydroxyl groups excluding tert-OH is 1. The van der Waals surface area contributed by atoms with Crippen molar-refractivity contribution in [1.82, 2.24) is 0 Å². The van der Waals surface area contributed by atoms with Crippen molar-refractivity contribution in [1.29, 1.82) is 0 Å². The van der Waals surface area contributed by atoms with Gasteiger partial charge in [0.1, 0.15) is 0 Å². The molecule has 0 aliphatic rings. The van der Waals surface area contributed by atoms with Crippen LogP contribution in [0.25, 0.3) is 0 Å². The van der Waals surface area contributed by atoms with Gasteiger partial charge in [0.2, 0.25) is 0 Å². The highest BCUT2D eigenvalue weighted by atomic mass is 35.5. The maximum Gasteiger partial charge on any atom is 0.262 e. The van der Waals surface area contributed by atoms with E-state index in [1.54, 1.807) is 6.07 Å². The molecule has 0 aliphatic carbocycles. The smallest absolute Gasteiger partial charge is 0.262 e. The van der Waals surface area contributed by atoms with Gasteiger partial charge in [0, 0.05) is 6.07 Å². The van der Waals surface area contributed by atoms with E-state index in [4.69, 9.17) is 26.2 Å². The van der Waals surface area contributed by atoms with Gasteiger partial charge in [-0.25, -0.2) is 8.42 Å². The summed E-state index contributed by atoms with van der Waals surface area (Å²) < 4.78 is 37.6. The molecule has 0 spiro atoms. The summed E-state index contributed by atoms with van der Waals surface area (Å²) in [6.45, 7) is -0.220. The monoisotopic (exact) mass is 357 g/mol. The maximum atomic E-state index is 12.5. The highest BCUT2D eigenvalue weighted by Gasteiger charge is 2.18. The number of nitrogens with one attached hydrogen (secondary N) is 1. The minimum atomic E-state index is -3.87. The van der Waals surface area contributed by atoms with Crippen molar-refractivity contribution in [3.05, 3.63) is 47.0 Å². The number of ether oxygens (including phenoxy) is 2. The Morgan fingerprint density at radius 1 is 1.09 bits per heavy atom. The van der Waals surface area contributed by atoms with Crippen LogP contribution in [0.4, 0.5) is 5.69 Å². The number of hydrogen-bond acceptors (Lipinski definition) is 5. The normalized spacial score (nSPS) is 11.1. The zero-order chi connectivity index (χ0) is 17.0. The highest BCUT2D eigenvalue weighted by Crippen LogP contribution is 2.31. The van der Waals surface area contributed by atoms with Crippen LogP contribution in [0.2, 0.25) is 5.02 Å². The first-order chi connectivity index (χ1) is 10.9. The Balaban J connectivity index is 2.39. The SMILES string of the molecule is COc1ccc(S(=O)(=O)Nc2cc(CO)ccc2Cl)cc1OC. The van der Waals surface area contributed by atoms with Crippen LogP contribution in [-0.4, -0.2) is 27.7 Å². The lowest BCUT2D eigenvalue weighted by Crippen LogP contribution is -2.13. The number of rotatable bonds is 6. The second kappa shape index (κ2) is 7.08. The lowest BCUT2D eigenvalue weighted by molar-refractivity contribution is 0.282. The second-order valence-corrected chi connectivity index (χ2v) is 6.68. The average Bonchev–Trinajstić information content (AvgIpc) is 2.55. The maximum absolute atomic E-state index is 12.5. The molecule has 8 heteroatoms. The molecule has 0 bridgehead atoms. The molecule has 0 aromatic heterocycles. The lowest BCUT2D eigenvalue weighted by Gasteiger charge is -2.13. The van der Waals surface area contributed by atoms with Crippen molar-refractivity contribution in [3.63, 3.8) is 0 Å². The first kappa shape index (κ1) is 17.4. The van der Waals surface area contributed by atoms with Crippen LogP contribution >= 0.6 is 11.6 Å². The van der Waals surface area contributed by atoms with Crippen LogP contribution in [0, 0.1) is 0 Å². The number of sulfonamides is 1. The van der Waals surface area contributed by atoms with Crippen LogP contribution in [0.5, 0.6) is 11.5 Å². The molecule has 0 unspecified atom stereocenters. The van der Waals surface area contributed by atoms with E-state index < -0.39 is 10.0 Å². The van der Waals surface area contributed by atoms with Crippen LogP contribution in [-0.2, 0) is 16.6 Å². The van der Waals surface area contributed by atoms with E-state index in [0.29, 0.717) is 17.1 Å². The fourth-order valence-electron chi connectivity index (χ4n) is 1.94. The molecule has 0 heterocycles. The third kappa shape index (κ3) is 3.87. The van der Waals surface area contributed by atoms with Gasteiger partial charge in [-0.1, -0.05) is 17.7 Å². The molecule has 0 atom stereocenters. The van der Waals surface area contributed by atoms with Gasteiger partial charge in [0.25, 0.3) is 10.0 Å². The average molecular weight is 358 g/mol. The summed E-state index contributed by atoms with van der Waals surface area (Å²) in [6.07, 6.45) is 0.